The number of nitrogens with one attached hydrogen (secondary N) is 3. The molecule has 2 amide bonds. The van der Waals surface area contributed by atoms with E-state index in [2.05, 4.69) is 20.9 Å². The van der Waals surface area contributed by atoms with Gasteiger partial charge in [0.05, 0.1) is 46.9 Å². The van der Waals surface area contributed by atoms with Gasteiger partial charge in [0, 0.05) is 39.1 Å². The second-order valence-corrected chi connectivity index (χ2v) is 8.79. The SMILES string of the molecule is [B]c1cc(N)c(N[C@@H]2COCC[C@@H]2NC(=O)c2cncc(NC)c2)c(C(=O)N2CCCCC2)c1. The summed E-state index contributed by atoms with van der Waals surface area (Å²) in [7, 11) is 7.81. The Kier molecular flexibility index (Phi) is 7.57. The highest BCUT2D eigenvalue weighted by molar-refractivity contribution is 6.33. The number of pyridine rings is 1. The smallest absolute Gasteiger partial charge is 0.256 e. The van der Waals surface area contributed by atoms with Crippen molar-refractivity contribution in [3.05, 3.63) is 41.7 Å². The van der Waals surface area contributed by atoms with Crippen molar-refractivity contribution < 1.29 is 14.3 Å². The number of amides is 2. The summed E-state index contributed by atoms with van der Waals surface area (Å²) in [6.45, 7) is 2.32. The van der Waals surface area contributed by atoms with E-state index < -0.39 is 0 Å². The molecule has 3 heterocycles. The van der Waals surface area contributed by atoms with Crippen molar-refractivity contribution in [2.24, 2.45) is 0 Å². The number of likely N-dealkylation sites (tertiary alicyclic amines) is 1. The van der Waals surface area contributed by atoms with E-state index >= 15 is 0 Å². The summed E-state index contributed by atoms with van der Waals surface area (Å²) in [5.41, 5.74) is 9.33. The standard InChI is InChI=1S/C24H31BN6O3/c1-27-17-9-15(12-28-13-17)23(32)30-20-5-8-34-14-21(20)29-22-18(10-16(25)11-19(22)26)24(33)31-6-3-2-4-7-31/h9-13,20-21,27,29H,2-8,14,26H2,1H3,(H,30,32)/t20-,21+/m0/s1. The maximum Gasteiger partial charge on any atom is 0.256 e. The molecule has 10 heteroatoms. The first kappa shape index (κ1) is 23.9. The Bertz CT molecular complexity index is 1040. The minimum atomic E-state index is -0.281. The number of nitrogens with zero attached hydrogens (tertiary/aromatic N) is 2. The molecule has 1 aromatic heterocycles. The molecule has 34 heavy (non-hydrogen) atoms. The van der Waals surface area contributed by atoms with Crippen molar-refractivity contribution in [2.75, 3.05) is 49.7 Å². The molecule has 1 aromatic carbocycles. The average Bonchev–Trinajstić information content (AvgIpc) is 2.86. The minimum Gasteiger partial charge on any atom is -0.397 e. The molecular formula is C24H31BN6O3. The zero-order chi connectivity index (χ0) is 24.1. The zero-order valence-electron chi connectivity index (χ0n) is 19.5. The van der Waals surface area contributed by atoms with Crippen molar-refractivity contribution in [3.8, 4) is 0 Å². The number of ether oxygens (including phenoxy) is 1. The summed E-state index contributed by atoms with van der Waals surface area (Å²) in [5, 5.41) is 9.48. The quantitative estimate of drug-likeness (QED) is 0.375. The number of hydrogen-bond acceptors (Lipinski definition) is 7. The van der Waals surface area contributed by atoms with E-state index in [9.17, 15) is 9.59 Å². The predicted molar refractivity (Wildman–Crippen MR) is 134 cm³/mol. The predicted octanol–water partition coefficient (Wildman–Crippen LogP) is 1.12. The van der Waals surface area contributed by atoms with Crippen LogP contribution in [-0.4, -0.2) is 75.0 Å². The Morgan fingerprint density at radius 2 is 1.94 bits per heavy atom. The van der Waals surface area contributed by atoms with E-state index in [0.29, 0.717) is 47.6 Å². The lowest BCUT2D eigenvalue weighted by atomic mass is 9.91. The summed E-state index contributed by atoms with van der Waals surface area (Å²) >= 11 is 0. The van der Waals surface area contributed by atoms with Crippen molar-refractivity contribution in [3.63, 3.8) is 0 Å². The summed E-state index contributed by atoms with van der Waals surface area (Å²) in [6.07, 6.45) is 6.90. The Balaban J connectivity index is 1.55. The number of rotatable bonds is 6. The Morgan fingerprint density at radius 1 is 1.15 bits per heavy atom. The number of piperidine rings is 1. The Morgan fingerprint density at radius 3 is 2.71 bits per heavy atom. The fourth-order valence-corrected chi connectivity index (χ4v) is 4.48. The van der Waals surface area contributed by atoms with E-state index in [1.807, 2.05) is 4.90 Å². The molecule has 2 aliphatic rings. The fraction of sp³-hybridized carbons (Fsp3) is 0.458. The average molecular weight is 462 g/mol. The number of nitrogen functional groups attached to an aromatic ring is 1. The van der Waals surface area contributed by atoms with Crippen molar-refractivity contribution in [2.45, 2.75) is 37.8 Å². The number of anilines is 3. The molecule has 2 atom stereocenters. The third-order valence-corrected chi connectivity index (χ3v) is 6.36. The molecule has 2 aliphatic heterocycles. The van der Waals surface area contributed by atoms with Crippen LogP contribution in [0.25, 0.3) is 0 Å². The highest BCUT2D eigenvalue weighted by atomic mass is 16.5. The van der Waals surface area contributed by atoms with Gasteiger partial charge in [-0.15, -0.1) is 0 Å². The lowest BCUT2D eigenvalue weighted by Crippen LogP contribution is -2.52. The van der Waals surface area contributed by atoms with Crippen LogP contribution in [0.3, 0.4) is 0 Å². The maximum atomic E-state index is 13.3. The van der Waals surface area contributed by atoms with Crippen molar-refractivity contribution in [1.82, 2.24) is 15.2 Å². The number of hydrogen-bond donors (Lipinski definition) is 4. The van der Waals surface area contributed by atoms with Gasteiger partial charge in [-0.05, 0) is 37.8 Å². The summed E-state index contributed by atoms with van der Waals surface area (Å²) in [4.78, 5) is 32.2. The molecule has 0 spiro atoms. The molecule has 2 fully saturated rings. The zero-order valence-corrected chi connectivity index (χ0v) is 19.5. The van der Waals surface area contributed by atoms with Crippen LogP contribution in [0.2, 0.25) is 0 Å². The van der Waals surface area contributed by atoms with Crippen LogP contribution in [0.4, 0.5) is 17.1 Å². The van der Waals surface area contributed by atoms with Gasteiger partial charge in [-0.2, -0.15) is 0 Å². The second-order valence-electron chi connectivity index (χ2n) is 8.79. The van der Waals surface area contributed by atoms with Crippen LogP contribution in [0.15, 0.2) is 30.6 Å². The van der Waals surface area contributed by atoms with Crippen LogP contribution >= 0.6 is 0 Å². The molecule has 5 N–H and O–H groups in total. The Hall–Kier alpha value is -3.27. The van der Waals surface area contributed by atoms with Crippen molar-refractivity contribution >= 4 is 42.2 Å². The fourth-order valence-electron chi connectivity index (χ4n) is 4.48. The van der Waals surface area contributed by atoms with E-state index in [1.54, 1.807) is 31.4 Å². The van der Waals surface area contributed by atoms with Gasteiger partial charge in [0.25, 0.3) is 11.8 Å². The van der Waals surface area contributed by atoms with Crippen LogP contribution in [-0.2, 0) is 4.74 Å². The minimum absolute atomic E-state index is 0.0894. The van der Waals surface area contributed by atoms with E-state index in [4.69, 9.17) is 18.3 Å². The topological polar surface area (TPSA) is 122 Å². The van der Waals surface area contributed by atoms with Gasteiger partial charge in [-0.3, -0.25) is 14.6 Å². The molecular weight excluding hydrogens is 431 g/mol. The number of carbonyl (C=O) groups excluding carboxylic acids is 2. The van der Waals surface area contributed by atoms with E-state index in [0.717, 1.165) is 38.0 Å². The van der Waals surface area contributed by atoms with Gasteiger partial charge < -0.3 is 31.3 Å². The first-order valence-corrected chi connectivity index (χ1v) is 11.7. The summed E-state index contributed by atoms with van der Waals surface area (Å²) in [6, 6.07) is 4.55. The highest BCUT2D eigenvalue weighted by Gasteiger charge is 2.30. The molecule has 0 aliphatic carbocycles. The second kappa shape index (κ2) is 10.8. The van der Waals surface area contributed by atoms with E-state index in [-0.39, 0.29) is 23.9 Å². The molecule has 4 rings (SSSR count). The van der Waals surface area contributed by atoms with Crippen LogP contribution in [0, 0.1) is 0 Å². The number of nitrogens with two attached hydrogens (primary N) is 1. The van der Waals surface area contributed by atoms with Crippen molar-refractivity contribution in [1.29, 1.82) is 0 Å². The molecule has 0 saturated carbocycles. The van der Waals surface area contributed by atoms with E-state index in [1.165, 1.54) is 6.20 Å². The first-order valence-electron chi connectivity index (χ1n) is 11.7. The Labute approximate surface area is 201 Å². The molecule has 178 valence electrons. The lowest BCUT2D eigenvalue weighted by molar-refractivity contribution is 0.0618. The monoisotopic (exact) mass is 462 g/mol. The number of carbonyl (C=O) groups is 2. The summed E-state index contributed by atoms with van der Waals surface area (Å²) < 4.78 is 5.69. The van der Waals surface area contributed by atoms with Gasteiger partial charge in [0.1, 0.15) is 7.85 Å². The molecule has 2 aromatic rings. The molecule has 2 saturated heterocycles. The van der Waals surface area contributed by atoms with Gasteiger partial charge in [0.2, 0.25) is 0 Å². The van der Waals surface area contributed by atoms with Gasteiger partial charge in [-0.1, -0.05) is 11.5 Å². The number of benzene rings is 1. The third kappa shape index (κ3) is 5.44. The largest absolute Gasteiger partial charge is 0.397 e. The first-order chi connectivity index (χ1) is 16.5. The van der Waals surface area contributed by atoms with Crippen LogP contribution in [0.1, 0.15) is 46.4 Å². The highest BCUT2D eigenvalue weighted by Crippen LogP contribution is 2.27. The third-order valence-electron chi connectivity index (χ3n) is 6.36. The summed E-state index contributed by atoms with van der Waals surface area (Å²) in [5.74, 6) is -0.313. The van der Waals surface area contributed by atoms with Gasteiger partial charge in [-0.25, -0.2) is 0 Å². The van der Waals surface area contributed by atoms with Crippen LogP contribution < -0.4 is 27.1 Å². The normalized spacial score (nSPS) is 20.4. The molecule has 9 nitrogen and oxygen atoms in total. The van der Waals surface area contributed by atoms with Crippen LogP contribution in [0.5, 0.6) is 0 Å². The van der Waals surface area contributed by atoms with Gasteiger partial charge >= 0.3 is 0 Å². The molecule has 0 bridgehead atoms. The number of aromatic nitrogens is 1. The molecule has 0 unspecified atom stereocenters. The van der Waals surface area contributed by atoms with Gasteiger partial charge in [0.15, 0.2) is 0 Å². The maximum absolute atomic E-state index is 13.3. The lowest BCUT2D eigenvalue weighted by Gasteiger charge is -2.35. The molecule has 2 radical (unpaired) electrons.